The third-order valence-electron chi connectivity index (χ3n) is 7.43. The van der Waals surface area contributed by atoms with Gasteiger partial charge in [0.1, 0.15) is 0 Å². The molecule has 2 aromatic rings. The third-order valence-corrected chi connectivity index (χ3v) is 7.43. The Morgan fingerprint density at radius 2 is 1.10 bits per heavy atom. The van der Waals surface area contributed by atoms with Crippen molar-refractivity contribution in [1.29, 1.82) is 0 Å². The summed E-state index contributed by atoms with van der Waals surface area (Å²) in [6, 6.07) is 14.7. The van der Waals surface area contributed by atoms with Crippen molar-refractivity contribution < 1.29 is 28.7 Å². The molecule has 2 fully saturated rings. The van der Waals surface area contributed by atoms with Gasteiger partial charge in [0.2, 0.25) is 5.91 Å². The molecule has 11 heteroatoms. The summed E-state index contributed by atoms with van der Waals surface area (Å²) < 4.78 is 10.9. The first kappa shape index (κ1) is 29.7. The average molecular weight is 566 g/mol. The second-order valence-electron chi connectivity index (χ2n) is 10.3. The molecule has 2 aromatic carbocycles. The van der Waals surface area contributed by atoms with Crippen LogP contribution in [-0.4, -0.2) is 99.2 Å². The van der Waals surface area contributed by atoms with Crippen molar-refractivity contribution in [3.05, 3.63) is 59.7 Å². The molecule has 2 aliphatic rings. The van der Waals surface area contributed by atoms with E-state index in [0.717, 1.165) is 17.8 Å². The minimum Gasteiger partial charge on any atom is -0.449 e. The van der Waals surface area contributed by atoms with Crippen LogP contribution in [0.15, 0.2) is 48.5 Å². The molecule has 2 aliphatic heterocycles. The number of anilines is 2. The number of benzene rings is 2. The molecule has 0 spiro atoms. The molecule has 0 unspecified atom stereocenters. The predicted molar refractivity (Wildman–Crippen MR) is 156 cm³/mol. The number of hydrogen-bond donors (Lipinski definition) is 1. The van der Waals surface area contributed by atoms with Gasteiger partial charge in [0, 0.05) is 74.9 Å². The van der Waals surface area contributed by atoms with Crippen LogP contribution in [0.25, 0.3) is 0 Å². The molecule has 2 heterocycles. The van der Waals surface area contributed by atoms with Crippen LogP contribution in [0, 0.1) is 0 Å². The minimum atomic E-state index is -0.462. The maximum absolute atomic E-state index is 12.4. The van der Waals surface area contributed by atoms with E-state index in [4.69, 9.17) is 15.2 Å². The molecule has 11 nitrogen and oxygen atoms in total. The van der Waals surface area contributed by atoms with E-state index < -0.39 is 5.91 Å². The van der Waals surface area contributed by atoms with Crippen LogP contribution in [0.2, 0.25) is 0 Å². The summed E-state index contributed by atoms with van der Waals surface area (Å²) in [6.07, 6.45) is 1.54. The van der Waals surface area contributed by atoms with Gasteiger partial charge < -0.3 is 34.8 Å². The Bertz CT molecular complexity index is 1130. The van der Waals surface area contributed by atoms with Gasteiger partial charge in [-0.05, 0) is 56.5 Å². The van der Waals surface area contributed by atoms with Crippen LogP contribution < -0.4 is 15.5 Å². The third kappa shape index (κ3) is 8.36. The molecule has 0 saturated carbocycles. The van der Waals surface area contributed by atoms with Crippen LogP contribution in [-0.2, 0) is 9.47 Å². The highest BCUT2D eigenvalue weighted by atomic mass is 16.6. The van der Waals surface area contributed by atoms with Crippen molar-refractivity contribution in [2.45, 2.75) is 26.2 Å². The van der Waals surface area contributed by atoms with Gasteiger partial charge in [0.05, 0.1) is 13.2 Å². The molecule has 0 radical (unpaired) electrons. The molecule has 0 aromatic heterocycles. The zero-order valence-corrected chi connectivity index (χ0v) is 23.6. The zero-order chi connectivity index (χ0) is 29.2. The molecular formula is C30H39N5O6. The van der Waals surface area contributed by atoms with E-state index in [9.17, 15) is 19.2 Å². The Balaban J connectivity index is 1.05. The molecule has 2 saturated heterocycles. The number of unbranched alkanes of at least 4 members (excludes halogenated alkanes) is 2. The maximum Gasteiger partial charge on any atom is 0.409 e. The fourth-order valence-electron chi connectivity index (χ4n) is 4.95. The number of piperazine rings is 2. The van der Waals surface area contributed by atoms with E-state index in [-0.39, 0.29) is 18.0 Å². The number of rotatable bonds is 10. The van der Waals surface area contributed by atoms with E-state index in [1.807, 2.05) is 30.3 Å². The second kappa shape index (κ2) is 14.4. The van der Waals surface area contributed by atoms with Crippen LogP contribution >= 0.6 is 0 Å². The topological polar surface area (TPSA) is 126 Å². The van der Waals surface area contributed by atoms with Gasteiger partial charge in [-0.3, -0.25) is 9.59 Å². The molecule has 2 N–H and O–H groups in total. The lowest BCUT2D eigenvalue weighted by atomic mass is 10.1. The van der Waals surface area contributed by atoms with E-state index in [1.165, 1.54) is 0 Å². The number of hydrogen-bond acceptors (Lipinski definition) is 8. The summed E-state index contributed by atoms with van der Waals surface area (Å²) in [7, 11) is 0. The minimum absolute atomic E-state index is 0.0354. The first-order valence-corrected chi connectivity index (χ1v) is 14.2. The van der Waals surface area contributed by atoms with Crippen molar-refractivity contribution in [3.63, 3.8) is 0 Å². The summed E-state index contributed by atoms with van der Waals surface area (Å²) in [5, 5.41) is 0. The summed E-state index contributed by atoms with van der Waals surface area (Å²) >= 11 is 0. The summed E-state index contributed by atoms with van der Waals surface area (Å²) in [4.78, 5) is 55.6. The number of ketones is 1. The average Bonchev–Trinajstić information content (AvgIpc) is 3.00. The van der Waals surface area contributed by atoms with Gasteiger partial charge in [-0.15, -0.1) is 0 Å². The molecule has 220 valence electrons. The number of carbonyl (C=O) groups is 4. The largest absolute Gasteiger partial charge is 0.449 e. The standard InChI is InChI=1S/C30H39N5O6/c1-23(36)24-7-5-9-26(21-24)32-11-15-34(16-12-32)29(38)40-19-3-2-4-20-41-30(39)35-17-13-33(14-18-35)27-10-6-8-25(22-27)28(31)37/h5-10,21-22H,2-4,11-20H2,1H3,(H2,31,37). The number of carbonyl (C=O) groups excluding carboxylic acids is 4. The molecule has 41 heavy (non-hydrogen) atoms. The van der Waals surface area contributed by atoms with E-state index in [2.05, 4.69) is 9.80 Å². The monoisotopic (exact) mass is 565 g/mol. The fraction of sp³-hybridized carbons (Fsp3) is 0.467. The van der Waals surface area contributed by atoms with E-state index >= 15 is 0 Å². The Kier molecular flexibility index (Phi) is 10.4. The van der Waals surface area contributed by atoms with Gasteiger partial charge in [-0.1, -0.05) is 18.2 Å². The van der Waals surface area contributed by atoms with Crippen LogP contribution in [0.3, 0.4) is 0 Å². The highest BCUT2D eigenvalue weighted by molar-refractivity contribution is 5.95. The molecule has 0 atom stereocenters. The Labute approximate surface area is 240 Å². The van der Waals surface area contributed by atoms with Crippen LogP contribution in [0.5, 0.6) is 0 Å². The van der Waals surface area contributed by atoms with Gasteiger partial charge in [0.15, 0.2) is 5.78 Å². The molecule has 4 rings (SSSR count). The lowest BCUT2D eigenvalue weighted by molar-refractivity contribution is 0.0927. The normalized spacial score (nSPS) is 15.4. The number of ether oxygens (including phenoxy) is 2. The lowest BCUT2D eigenvalue weighted by Crippen LogP contribution is -2.49. The fourth-order valence-corrected chi connectivity index (χ4v) is 4.95. The zero-order valence-electron chi connectivity index (χ0n) is 23.6. The summed E-state index contributed by atoms with van der Waals surface area (Å²) in [6.45, 7) is 7.05. The molecule has 0 aliphatic carbocycles. The van der Waals surface area contributed by atoms with Gasteiger partial charge in [-0.2, -0.15) is 0 Å². The number of Topliss-reactive ketones (excluding diaryl/α,β-unsaturated/α-hetero) is 1. The Morgan fingerprint density at radius 3 is 1.54 bits per heavy atom. The molecule has 0 bridgehead atoms. The number of nitrogens with two attached hydrogens (primary N) is 1. The first-order chi connectivity index (χ1) is 19.8. The summed E-state index contributed by atoms with van der Waals surface area (Å²) in [5.74, 6) is -0.426. The first-order valence-electron chi connectivity index (χ1n) is 14.2. The Hall–Kier alpha value is -4.28. The van der Waals surface area contributed by atoms with E-state index in [1.54, 1.807) is 34.9 Å². The lowest BCUT2D eigenvalue weighted by Gasteiger charge is -2.35. The van der Waals surface area contributed by atoms with Crippen molar-refractivity contribution >= 4 is 35.3 Å². The van der Waals surface area contributed by atoms with Crippen molar-refractivity contribution in [2.24, 2.45) is 5.73 Å². The number of amides is 3. The van der Waals surface area contributed by atoms with Crippen molar-refractivity contribution in [2.75, 3.05) is 75.4 Å². The SMILES string of the molecule is CC(=O)c1cccc(N2CCN(C(=O)OCCCCCOC(=O)N3CCN(c4cccc(C(N)=O)c4)CC3)CC2)c1. The molecular weight excluding hydrogens is 526 g/mol. The van der Waals surface area contributed by atoms with Gasteiger partial charge >= 0.3 is 12.2 Å². The summed E-state index contributed by atoms with van der Waals surface area (Å²) in [5.41, 5.74) is 8.42. The van der Waals surface area contributed by atoms with E-state index in [0.29, 0.717) is 89.5 Å². The van der Waals surface area contributed by atoms with Crippen LogP contribution in [0.4, 0.5) is 21.0 Å². The number of primary amides is 1. The Morgan fingerprint density at radius 1 is 0.659 bits per heavy atom. The maximum atomic E-state index is 12.4. The highest BCUT2D eigenvalue weighted by Crippen LogP contribution is 2.20. The van der Waals surface area contributed by atoms with Crippen LogP contribution in [0.1, 0.15) is 46.9 Å². The smallest absolute Gasteiger partial charge is 0.409 e. The quantitative estimate of drug-likeness (QED) is 0.343. The van der Waals surface area contributed by atoms with Gasteiger partial charge in [-0.25, -0.2) is 9.59 Å². The van der Waals surface area contributed by atoms with Crippen molar-refractivity contribution in [3.8, 4) is 0 Å². The molecule has 3 amide bonds. The van der Waals surface area contributed by atoms with Crippen molar-refractivity contribution in [1.82, 2.24) is 9.80 Å². The highest BCUT2D eigenvalue weighted by Gasteiger charge is 2.24. The number of nitrogens with zero attached hydrogens (tertiary/aromatic N) is 4. The predicted octanol–water partition coefficient (Wildman–Crippen LogP) is 3.38. The second-order valence-corrected chi connectivity index (χ2v) is 10.3. The van der Waals surface area contributed by atoms with Gasteiger partial charge in [0.25, 0.3) is 0 Å².